The molecule has 0 saturated heterocycles. The third-order valence-corrected chi connectivity index (χ3v) is 2.81. The standard InChI is InChI=1S/C19H30N2O5/c1-17(2,3)14-12(20-11-24-14)10-13(15(22)25-18(4,5)6)21-16(23)26-19(7,8)9/h10-11H,1-9H3,(H,21,23). The molecule has 0 radical (unpaired) electrons. The van der Waals surface area contributed by atoms with E-state index in [1.165, 1.54) is 12.5 Å². The normalized spacial score (nSPS) is 13.3. The number of carbonyl (C=O) groups excluding carboxylic acids is 2. The first-order chi connectivity index (χ1) is 11.6. The Morgan fingerprint density at radius 2 is 1.54 bits per heavy atom. The van der Waals surface area contributed by atoms with Crippen LogP contribution in [0.5, 0.6) is 0 Å². The summed E-state index contributed by atoms with van der Waals surface area (Å²) in [4.78, 5) is 28.8. The van der Waals surface area contributed by atoms with Crippen LogP contribution in [-0.2, 0) is 19.7 Å². The summed E-state index contributed by atoms with van der Waals surface area (Å²) in [5, 5.41) is 2.46. The van der Waals surface area contributed by atoms with E-state index in [4.69, 9.17) is 13.9 Å². The van der Waals surface area contributed by atoms with Gasteiger partial charge in [-0.3, -0.25) is 5.32 Å². The third-order valence-electron chi connectivity index (χ3n) is 2.81. The Morgan fingerprint density at radius 3 is 2.00 bits per heavy atom. The highest BCUT2D eigenvalue weighted by molar-refractivity contribution is 5.96. The molecule has 26 heavy (non-hydrogen) atoms. The van der Waals surface area contributed by atoms with Gasteiger partial charge in [-0.2, -0.15) is 0 Å². The van der Waals surface area contributed by atoms with Crippen LogP contribution in [0.4, 0.5) is 4.79 Å². The summed E-state index contributed by atoms with van der Waals surface area (Å²) < 4.78 is 16.0. The molecule has 7 nitrogen and oxygen atoms in total. The molecule has 0 saturated carbocycles. The van der Waals surface area contributed by atoms with E-state index < -0.39 is 23.3 Å². The van der Waals surface area contributed by atoms with Gasteiger partial charge in [0.1, 0.15) is 28.4 Å². The quantitative estimate of drug-likeness (QED) is 0.637. The van der Waals surface area contributed by atoms with Gasteiger partial charge < -0.3 is 13.9 Å². The van der Waals surface area contributed by atoms with Crippen molar-refractivity contribution in [2.24, 2.45) is 0 Å². The predicted octanol–water partition coefficient (Wildman–Crippen LogP) is 4.18. The molecule has 0 bridgehead atoms. The third kappa shape index (κ3) is 7.29. The topological polar surface area (TPSA) is 90.7 Å². The van der Waals surface area contributed by atoms with Gasteiger partial charge in [0.05, 0.1) is 0 Å². The van der Waals surface area contributed by atoms with Crippen molar-refractivity contribution < 1.29 is 23.5 Å². The van der Waals surface area contributed by atoms with Crippen molar-refractivity contribution in [3.05, 3.63) is 23.5 Å². The molecule has 146 valence electrons. The van der Waals surface area contributed by atoms with Gasteiger partial charge in [-0.15, -0.1) is 0 Å². The molecule has 0 atom stereocenters. The lowest BCUT2D eigenvalue weighted by atomic mass is 9.91. The Hall–Kier alpha value is -2.31. The zero-order valence-electron chi connectivity index (χ0n) is 17.1. The Morgan fingerprint density at radius 1 is 1.00 bits per heavy atom. The molecule has 1 aromatic rings. The van der Waals surface area contributed by atoms with Crippen LogP contribution in [0.2, 0.25) is 0 Å². The summed E-state index contributed by atoms with van der Waals surface area (Å²) in [7, 11) is 0. The van der Waals surface area contributed by atoms with Crippen molar-refractivity contribution in [3.8, 4) is 0 Å². The second-order valence-corrected chi connectivity index (χ2v) is 9.00. The lowest BCUT2D eigenvalue weighted by molar-refractivity contribution is -0.150. The van der Waals surface area contributed by atoms with Crippen molar-refractivity contribution in [1.82, 2.24) is 10.3 Å². The van der Waals surface area contributed by atoms with Crippen LogP contribution in [0.25, 0.3) is 6.08 Å². The van der Waals surface area contributed by atoms with Gasteiger partial charge in [-0.05, 0) is 47.6 Å². The maximum absolute atomic E-state index is 12.5. The fourth-order valence-corrected chi connectivity index (χ4v) is 1.95. The molecule has 0 aliphatic heterocycles. The van der Waals surface area contributed by atoms with E-state index in [9.17, 15) is 9.59 Å². The molecule has 0 aliphatic rings. The van der Waals surface area contributed by atoms with Gasteiger partial charge in [0, 0.05) is 5.41 Å². The Balaban J connectivity index is 3.22. The van der Waals surface area contributed by atoms with Gasteiger partial charge in [0.2, 0.25) is 0 Å². The van der Waals surface area contributed by atoms with Crippen molar-refractivity contribution in [1.29, 1.82) is 0 Å². The monoisotopic (exact) mass is 366 g/mol. The molecule has 1 heterocycles. The van der Waals surface area contributed by atoms with Crippen molar-refractivity contribution >= 4 is 18.1 Å². The largest absolute Gasteiger partial charge is 0.455 e. The fraction of sp³-hybridized carbons (Fsp3) is 0.632. The Bertz CT molecular complexity index is 682. The Kier molecular flexibility index (Phi) is 6.28. The number of esters is 1. The molecule has 0 unspecified atom stereocenters. The molecule has 1 rings (SSSR count). The Labute approximate surface area is 155 Å². The number of aromatic nitrogens is 1. The van der Waals surface area contributed by atoms with E-state index in [0.717, 1.165) is 0 Å². The number of alkyl carbamates (subject to hydrolysis) is 1. The molecule has 0 spiro atoms. The first-order valence-electron chi connectivity index (χ1n) is 8.47. The summed E-state index contributed by atoms with van der Waals surface area (Å²) in [6.45, 7) is 16.3. The molecule has 1 aromatic heterocycles. The number of nitrogens with zero attached hydrogens (tertiary/aromatic N) is 1. The second kappa shape index (κ2) is 7.51. The van der Waals surface area contributed by atoms with Crippen molar-refractivity contribution in [3.63, 3.8) is 0 Å². The van der Waals surface area contributed by atoms with E-state index >= 15 is 0 Å². The van der Waals surface area contributed by atoms with Gasteiger partial charge >= 0.3 is 12.1 Å². The first kappa shape index (κ1) is 21.7. The van der Waals surface area contributed by atoms with Crippen LogP contribution in [0, 0.1) is 0 Å². The molecular weight excluding hydrogens is 336 g/mol. The summed E-state index contributed by atoms with van der Waals surface area (Å²) in [5.74, 6) is -0.101. The molecule has 0 fully saturated rings. The first-order valence-corrected chi connectivity index (χ1v) is 8.47. The minimum atomic E-state index is -0.754. The number of amides is 1. The van der Waals surface area contributed by atoms with Gasteiger partial charge in [-0.1, -0.05) is 20.8 Å². The maximum atomic E-state index is 12.5. The fourth-order valence-electron chi connectivity index (χ4n) is 1.95. The molecule has 0 aromatic carbocycles. The van der Waals surface area contributed by atoms with Gasteiger partial charge in [0.25, 0.3) is 0 Å². The highest BCUT2D eigenvalue weighted by Gasteiger charge is 2.27. The van der Waals surface area contributed by atoms with Crippen molar-refractivity contribution in [2.75, 3.05) is 0 Å². The number of ether oxygens (including phenoxy) is 2. The van der Waals surface area contributed by atoms with E-state index in [2.05, 4.69) is 10.3 Å². The van der Waals surface area contributed by atoms with Crippen LogP contribution < -0.4 is 5.32 Å². The lowest BCUT2D eigenvalue weighted by Gasteiger charge is -2.23. The minimum absolute atomic E-state index is 0.0754. The average Bonchev–Trinajstić information content (AvgIpc) is 2.81. The smallest absolute Gasteiger partial charge is 0.412 e. The summed E-state index contributed by atoms with van der Waals surface area (Å²) >= 11 is 0. The van der Waals surface area contributed by atoms with E-state index in [0.29, 0.717) is 11.5 Å². The number of hydrogen-bond donors (Lipinski definition) is 1. The molecule has 7 heteroatoms. The number of carbonyl (C=O) groups is 2. The molecular formula is C19H30N2O5. The summed E-state index contributed by atoms with van der Waals surface area (Å²) in [6.07, 6.45) is 1.98. The zero-order valence-corrected chi connectivity index (χ0v) is 17.1. The number of rotatable bonds is 3. The van der Waals surface area contributed by atoms with E-state index in [1.54, 1.807) is 41.5 Å². The van der Waals surface area contributed by atoms with Gasteiger partial charge in [0.15, 0.2) is 6.39 Å². The second-order valence-electron chi connectivity index (χ2n) is 9.00. The lowest BCUT2D eigenvalue weighted by Crippen LogP contribution is -2.36. The van der Waals surface area contributed by atoms with E-state index in [1.807, 2.05) is 20.8 Å². The number of hydrogen-bond acceptors (Lipinski definition) is 6. The number of nitrogens with one attached hydrogen (secondary N) is 1. The molecule has 0 aliphatic carbocycles. The predicted molar refractivity (Wildman–Crippen MR) is 98.4 cm³/mol. The molecule has 1 amide bonds. The van der Waals surface area contributed by atoms with Crippen LogP contribution in [0.15, 0.2) is 16.5 Å². The highest BCUT2D eigenvalue weighted by atomic mass is 16.6. The van der Waals surface area contributed by atoms with Crippen LogP contribution >= 0.6 is 0 Å². The highest BCUT2D eigenvalue weighted by Crippen LogP contribution is 2.26. The molecule has 1 N–H and O–H groups in total. The van der Waals surface area contributed by atoms with Gasteiger partial charge in [-0.25, -0.2) is 14.6 Å². The zero-order chi connectivity index (χ0) is 20.3. The van der Waals surface area contributed by atoms with E-state index in [-0.39, 0.29) is 11.1 Å². The van der Waals surface area contributed by atoms with Crippen LogP contribution in [-0.4, -0.2) is 28.2 Å². The van der Waals surface area contributed by atoms with Crippen molar-refractivity contribution in [2.45, 2.75) is 78.9 Å². The average molecular weight is 366 g/mol. The number of oxazole rings is 1. The minimum Gasteiger partial charge on any atom is -0.455 e. The maximum Gasteiger partial charge on any atom is 0.412 e. The summed E-state index contributed by atoms with van der Waals surface area (Å²) in [5.41, 5.74) is -1.38. The van der Waals surface area contributed by atoms with Crippen LogP contribution in [0.3, 0.4) is 0 Å². The summed E-state index contributed by atoms with van der Waals surface area (Å²) in [6, 6.07) is 0. The van der Waals surface area contributed by atoms with Crippen LogP contribution in [0.1, 0.15) is 73.8 Å². The SMILES string of the molecule is CC(C)(C)OC(=O)NC(=Cc1ncoc1C(C)(C)C)C(=O)OC(C)(C)C.